The van der Waals surface area contributed by atoms with E-state index in [-0.39, 0.29) is 24.4 Å². The van der Waals surface area contributed by atoms with Gasteiger partial charge in [0.1, 0.15) is 12.6 Å². The lowest BCUT2D eigenvalue weighted by Gasteiger charge is -2.26. The molecule has 1 heterocycles. The van der Waals surface area contributed by atoms with Crippen LogP contribution in [0.5, 0.6) is 0 Å². The highest BCUT2D eigenvalue weighted by Crippen LogP contribution is 2.21. The topological polar surface area (TPSA) is 38.3 Å². The first-order chi connectivity index (χ1) is 10.2. The van der Waals surface area contributed by atoms with Crippen LogP contribution in [0.1, 0.15) is 22.3 Å². The van der Waals surface area contributed by atoms with Crippen LogP contribution in [-0.4, -0.2) is 12.0 Å². The molecule has 3 rings (SSSR count). The molecule has 2 aromatic carbocycles. The maximum Gasteiger partial charge on any atom is 0.323 e. The number of esters is 1. The summed E-state index contributed by atoms with van der Waals surface area (Å²) in [4.78, 5) is 12.2. The molecule has 1 N–H and O–H groups in total. The quantitative estimate of drug-likeness (QED) is 0.884. The molecule has 0 fully saturated rings. The Labute approximate surface area is 137 Å². The number of halogens is 1. The second-order valence-electron chi connectivity index (χ2n) is 5.44. The highest BCUT2D eigenvalue weighted by molar-refractivity contribution is 5.85. The summed E-state index contributed by atoms with van der Waals surface area (Å²) in [5.74, 6) is -0.173. The smallest absolute Gasteiger partial charge is 0.323 e. The molecule has 0 amide bonds. The van der Waals surface area contributed by atoms with Gasteiger partial charge in [-0.15, -0.1) is 12.4 Å². The number of aryl methyl sites for hydroxylation is 1. The van der Waals surface area contributed by atoms with Crippen LogP contribution in [0, 0.1) is 6.92 Å². The van der Waals surface area contributed by atoms with Gasteiger partial charge in [0.15, 0.2) is 0 Å². The lowest BCUT2D eigenvalue weighted by molar-refractivity contribution is -0.147. The molecule has 2 aromatic rings. The molecule has 0 bridgehead atoms. The molecule has 1 aliphatic heterocycles. The van der Waals surface area contributed by atoms with Crippen molar-refractivity contribution in [3.05, 3.63) is 70.8 Å². The molecule has 0 spiro atoms. The van der Waals surface area contributed by atoms with Crippen LogP contribution in [0.4, 0.5) is 0 Å². The predicted molar refractivity (Wildman–Crippen MR) is 89.0 cm³/mol. The number of nitrogens with one attached hydrogen (secondary N) is 1. The van der Waals surface area contributed by atoms with Gasteiger partial charge in [-0.2, -0.15) is 0 Å². The molecule has 0 saturated carbocycles. The lowest BCUT2D eigenvalue weighted by Crippen LogP contribution is -2.43. The number of hydrogen-bond acceptors (Lipinski definition) is 3. The predicted octanol–water partition coefficient (Wildman–Crippen LogP) is 3.17. The molecule has 3 nitrogen and oxygen atoms in total. The van der Waals surface area contributed by atoms with E-state index >= 15 is 0 Å². The van der Waals surface area contributed by atoms with Crippen LogP contribution in [-0.2, 0) is 29.1 Å². The van der Waals surface area contributed by atoms with Gasteiger partial charge in [0, 0.05) is 6.54 Å². The summed E-state index contributed by atoms with van der Waals surface area (Å²) in [5, 5.41) is 3.26. The summed E-state index contributed by atoms with van der Waals surface area (Å²) in [6.45, 7) is 3.15. The maximum atomic E-state index is 12.2. The van der Waals surface area contributed by atoms with E-state index in [9.17, 15) is 4.79 Å². The number of carbonyl (C=O) groups is 1. The second-order valence-corrected chi connectivity index (χ2v) is 5.44. The van der Waals surface area contributed by atoms with E-state index in [0.29, 0.717) is 13.0 Å². The summed E-state index contributed by atoms with van der Waals surface area (Å²) >= 11 is 0. The van der Waals surface area contributed by atoms with Crippen molar-refractivity contribution in [2.75, 3.05) is 0 Å². The van der Waals surface area contributed by atoms with Crippen molar-refractivity contribution in [1.82, 2.24) is 5.32 Å². The third-order valence-corrected chi connectivity index (χ3v) is 3.96. The molecule has 1 atom stereocenters. The van der Waals surface area contributed by atoms with Crippen molar-refractivity contribution in [3.8, 4) is 0 Å². The first-order valence-electron chi connectivity index (χ1n) is 7.25. The molecule has 22 heavy (non-hydrogen) atoms. The summed E-state index contributed by atoms with van der Waals surface area (Å²) in [6, 6.07) is 15.8. The van der Waals surface area contributed by atoms with Crippen LogP contribution < -0.4 is 5.32 Å². The molecular formula is C18H20ClNO2. The standard InChI is InChI=1S/C18H19NO2.ClH/c1-13-6-5-9-15-11-19-17(10-16(13)15)18(20)21-12-14-7-3-2-4-8-14;/h2-9,17,19H,10-12H2,1H3;1H. The molecular weight excluding hydrogens is 298 g/mol. The number of benzene rings is 2. The Morgan fingerprint density at radius 1 is 1.18 bits per heavy atom. The fourth-order valence-corrected chi connectivity index (χ4v) is 2.73. The zero-order valence-electron chi connectivity index (χ0n) is 12.5. The monoisotopic (exact) mass is 317 g/mol. The van der Waals surface area contributed by atoms with E-state index in [1.54, 1.807) is 0 Å². The largest absolute Gasteiger partial charge is 0.460 e. The Bertz CT molecular complexity index is 643. The Hall–Kier alpha value is -1.84. The molecule has 1 unspecified atom stereocenters. The number of carbonyl (C=O) groups excluding carboxylic acids is 1. The zero-order valence-corrected chi connectivity index (χ0v) is 13.4. The van der Waals surface area contributed by atoms with Gasteiger partial charge in [-0.25, -0.2) is 0 Å². The van der Waals surface area contributed by atoms with E-state index in [1.165, 1.54) is 16.7 Å². The van der Waals surface area contributed by atoms with Crippen LogP contribution in [0.25, 0.3) is 0 Å². The Balaban J connectivity index is 0.00000176. The van der Waals surface area contributed by atoms with Crippen molar-refractivity contribution in [3.63, 3.8) is 0 Å². The van der Waals surface area contributed by atoms with Crippen LogP contribution in [0.3, 0.4) is 0 Å². The molecule has 116 valence electrons. The third-order valence-electron chi connectivity index (χ3n) is 3.96. The fraction of sp³-hybridized carbons (Fsp3) is 0.278. The van der Waals surface area contributed by atoms with Gasteiger partial charge in [-0.3, -0.25) is 4.79 Å². The maximum absolute atomic E-state index is 12.2. The van der Waals surface area contributed by atoms with Gasteiger partial charge >= 0.3 is 5.97 Å². The number of hydrogen-bond donors (Lipinski definition) is 1. The van der Waals surface area contributed by atoms with E-state index in [4.69, 9.17) is 4.74 Å². The van der Waals surface area contributed by atoms with Crippen LogP contribution in [0.2, 0.25) is 0 Å². The van der Waals surface area contributed by atoms with Gasteiger partial charge < -0.3 is 10.1 Å². The summed E-state index contributed by atoms with van der Waals surface area (Å²) in [6.07, 6.45) is 0.704. The van der Waals surface area contributed by atoms with Gasteiger partial charge in [-0.1, -0.05) is 48.5 Å². The Morgan fingerprint density at radius 3 is 2.73 bits per heavy atom. The van der Waals surface area contributed by atoms with Crippen molar-refractivity contribution >= 4 is 18.4 Å². The van der Waals surface area contributed by atoms with E-state index < -0.39 is 0 Å². The molecule has 0 saturated heterocycles. The van der Waals surface area contributed by atoms with Gasteiger partial charge in [0.25, 0.3) is 0 Å². The average molecular weight is 318 g/mol. The Morgan fingerprint density at radius 2 is 1.95 bits per heavy atom. The minimum Gasteiger partial charge on any atom is -0.460 e. The minimum absolute atomic E-state index is 0. The van der Waals surface area contributed by atoms with E-state index in [2.05, 4.69) is 30.4 Å². The average Bonchev–Trinajstić information content (AvgIpc) is 2.54. The highest BCUT2D eigenvalue weighted by Gasteiger charge is 2.26. The van der Waals surface area contributed by atoms with Crippen molar-refractivity contribution in [2.45, 2.75) is 32.5 Å². The number of fused-ring (bicyclic) bond motifs is 1. The summed E-state index contributed by atoms with van der Waals surface area (Å²) < 4.78 is 5.42. The van der Waals surface area contributed by atoms with Gasteiger partial charge in [0.05, 0.1) is 0 Å². The zero-order chi connectivity index (χ0) is 14.7. The molecule has 1 aliphatic rings. The lowest BCUT2D eigenvalue weighted by atomic mass is 9.92. The summed E-state index contributed by atoms with van der Waals surface area (Å²) in [7, 11) is 0. The SMILES string of the molecule is Cc1cccc2c1CC(C(=O)OCc1ccccc1)NC2.Cl. The second kappa shape index (κ2) is 7.43. The highest BCUT2D eigenvalue weighted by atomic mass is 35.5. The van der Waals surface area contributed by atoms with Crippen molar-refractivity contribution < 1.29 is 9.53 Å². The van der Waals surface area contributed by atoms with E-state index in [1.807, 2.05) is 30.3 Å². The van der Waals surface area contributed by atoms with Crippen LogP contribution in [0.15, 0.2) is 48.5 Å². The normalized spacial score (nSPS) is 16.3. The summed E-state index contributed by atoms with van der Waals surface area (Å²) in [5.41, 5.74) is 4.81. The minimum atomic E-state index is -0.248. The molecule has 0 aromatic heterocycles. The number of ether oxygens (including phenoxy) is 1. The van der Waals surface area contributed by atoms with Crippen molar-refractivity contribution in [1.29, 1.82) is 0 Å². The number of rotatable bonds is 3. The first kappa shape index (κ1) is 16.5. The third kappa shape index (κ3) is 3.67. The fourth-order valence-electron chi connectivity index (χ4n) is 2.73. The van der Waals surface area contributed by atoms with E-state index in [0.717, 1.165) is 12.1 Å². The first-order valence-corrected chi connectivity index (χ1v) is 7.25. The van der Waals surface area contributed by atoms with Crippen molar-refractivity contribution in [2.24, 2.45) is 0 Å². The molecule has 0 aliphatic carbocycles. The van der Waals surface area contributed by atoms with Gasteiger partial charge in [0.2, 0.25) is 0 Å². The Kier molecular flexibility index (Phi) is 5.58. The van der Waals surface area contributed by atoms with Crippen LogP contribution >= 0.6 is 12.4 Å². The van der Waals surface area contributed by atoms with Gasteiger partial charge in [-0.05, 0) is 35.6 Å². The molecule has 0 radical (unpaired) electrons. The molecule has 4 heteroatoms.